The molecule has 1 heterocycles. The molecule has 0 radical (unpaired) electrons. The van der Waals surface area contributed by atoms with Crippen LogP contribution < -0.4 is 4.74 Å². The number of para-hydroxylation sites is 1. The van der Waals surface area contributed by atoms with Gasteiger partial charge in [-0.05, 0) is 49.4 Å². The summed E-state index contributed by atoms with van der Waals surface area (Å²) in [6, 6.07) is 14.9. The number of piperidine rings is 1. The molecule has 5 nitrogen and oxygen atoms in total. The monoisotopic (exact) mass is 367 g/mol. The Hall–Kier alpha value is -2.82. The molecule has 2 aromatic carbocycles. The molecular formula is C22H25NO4. The van der Waals surface area contributed by atoms with Crippen LogP contribution in [0.3, 0.4) is 0 Å². The van der Waals surface area contributed by atoms with Crippen LogP contribution in [-0.2, 0) is 11.2 Å². The van der Waals surface area contributed by atoms with Gasteiger partial charge in [0.05, 0.1) is 18.1 Å². The fraction of sp³-hybridized carbons (Fsp3) is 0.364. The Labute approximate surface area is 159 Å². The third-order valence-corrected chi connectivity index (χ3v) is 5.45. The highest BCUT2D eigenvalue weighted by Gasteiger charge is 2.44. The van der Waals surface area contributed by atoms with Crippen LogP contribution in [0.4, 0.5) is 0 Å². The van der Waals surface area contributed by atoms with Crippen LogP contribution in [0.2, 0.25) is 0 Å². The van der Waals surface area contributed by atoms with E-state index in [0.29, 0.717) is 37.1 Å². The number of carbonyl (C=O) groups is 2. The van der Waals surface area contributed by atoms with E-state index in [1.54, 1.807) is 23.1 Å². The zero-order valence-electron chi connectivity index (χ0n) is 15.8. The van der Waals surface area contributed by atoms with E-state index in [0.717, 1.165) is 11.1 Å². The molecule has 142 valence electrons. The summed E-state index contributed by atoms with van der Waals surface area (Å²) in [4.78, 5) is 27.0. The first kappa shape index (κ1) is 19.0. The molecule has 1 saturated heterocycles. The molecule has 2 aromatic rings. The van der Waals surface area contributed by atoms with Crippen LogP contribution in [0.1, 0.15) is 34.3 Å². The molecule has 1 atom stereocenters. The van der Waals surface area contributed by atoms with Crippen LogP contribution in [-0.4, -0.2) is 42.1 Å². The molecule has 1 N–H and O–H groups in total. The summed E-state index contributed by atoms with van der Waals surface area (Å²) in [7, 11) is 1.53. The van der Waals surface area contributed by atoms with Gasteiger partial charge in [0, 0.05) is 13.1 Å². The van der Waals surface area contributed by atoms with Crippen molar-refractivity contribution in [3.63, 3.8) is 0 Å². The minimum atomic E-state index is -0.970. The molecule has 1 fully saturated rings. The molecule has 5 heteroatoms. The smallest absolute Gasteiger partial charge is 0.311 e. The number of likely N-dealkylation sites (tertiary alicyclic amines) is 1. The number of carboxylic acid groups (broad SMARTS) is 1. The Bertz CT molecular complexity index is 848. The molecule has 1 aliphatic heterocycles. The zero-order chi connectivity index (χ0) is 19.4. The summed E-state index contributed by atoms with van der Waals surface area (Å²) < 4.78 is 5.30. The van der Waals surface area contributed by atoms with E-state index in [-0.39, 0.29) is 12.5 Å². The molecule has 0 saturated carbocycles. The van der Waals surface area contributed by atoms with Gasteiger partial charge in [0.1, 0.15) is 5.75 Å². The van der Waals surface area contributed by atoms with Gasteiger partial charge < -0.3 is 14.7 Å². The first-order valence-electron chi connectivity index (χ1n) is 9.17. The van der Waals surface area contributed by atoms with Crippen molar-refractivity contribution in [2.45, 2.75) is 26.2 Å². The van der Waals surface area contributed by atoms with Crippen molar-refractivity contribution in [3.8, 4) is 5.75 Å². The zero-order valence-corrected chi connectivity index (χ0v) is 15.8. The SMILES string of the molecule is COc1ccccc1C(=O)N1CCC[C@](Cc2ccccc2C)(C(=O)O)C1. The van der Waals surface area contributed by atoms with E-state index in [2.05, 4.69) is 0 Å². The Balaban J connectivity index is 1.89. The molecule has 3 rings (SSSR count). The quantitative estimate of drug-likeness (QED) is 0.878. The summed E-state index contributed by atoms with van der Waals surface area (Å²) in [5, 5.41) is 10.0. The molecule has 1 aliphatic rings. The van der Waals surface area contributed by atoms with Crippen LogP contribution in [0.15, 0.2) is 48.5 Å². The molecule has 0 aromatic heterocycles. The number of aliphatic carboxylic acids is 1. The number of hydrogen-bond acceptors (Lipinski definition) is 3. The van der Waals surface area contributed by atoms with Crippen LogP contribution in [0.5, 0.6) is 5.75 Å². The first-order valence-corrected chi connectivity index (χ1v) is 9.17. The molecule has 27 heavy (non-hydrogen) atoms. The number of benzene rings is 2. The number of amides is 1. The topological polar surface area (TPSA) is 66.8 Å². The summed E-state index contributed by atoms with van der Waals surface area (Å²) in [5.74, 6) is -0.515. The lowest BCUT2D eigenvalue weighted by atomic mass is 9.74. The lowest BCUT2D eigenvalue weighted by Gasteiger charge is -2.40. The highest BCUT2D eigenvalue weighted by Crippen LogP contribution is 2.36. The van der Waals surface area contributed by atoms with Gasteiger partial charge in [0.15, 0.2) is 0 Å². The number of carbonyl (C=O) groups excluding carboxylic acids is 1. The number of rotatable bonds is 5. The van der Waals surface area contributed by atoms with E-state index in [9.17, 15) is 14.7 Å². The highest BCUT2D eigenvalue weighted by molar-refractivity contribution is 5.97. The minimum Gasteiger partial charge on any atom is -0.496 e. The van der Waals surface area contributed by atoms with Crippen LogP contribution in [0.25, 0.3) is 0 Å². The predicted octanol–water partition coefficient (Wildman–Crippen LogP) is 3.55. The molecule has 1 amide bonds. The number of carboxylic acids is 1. The maximum absolute atomic E-state index is 13.1. The summed E-state index contributed by atoms with van der Waals surface area (Å²) in [5.41, 5.74) is 1.59. The molecular weight excluding hydrogens is 342 g/mol. The van der Waals surface area contributed by atoms with Gasteiger partial charge in [-0.2, -0.15) is 0 Å². The van der Waals surface area contributed by atoms with E-state index >= 15 is 0 Å². The van der Waals surface area contributed by atoms with Crippen LogP contribution >= 0.6 is 0 Å². The first-order chi connectivity index (χ1) is 13.0. The second-order valence-corrected chi connectivity index (χ2v) is 7.22. The number of ether oxygens (including phenoxy) is 1. The number of nitrogens with zero attached hydrogens (tertiary/aromatic N) is 1. The summed E-state index contributed by atoms with van der Waals surface area (Å²) >= 11 is 0. The Morgan fingerprint density at radius 3 is 2.56 bits per heavy atom. The average molecular weight is 367 g/mol. The average Bonchev–Trinajstić information content (AvgIpc) is 2.69. The second-order valence-electron chi connectivity index (χ2n) is 7.22. The minimum absolute atomic E-state index is 0.178. The summed E-state index contributed by atoms with van der Waals surface area (Å²) in [6.07, 6.45) is 1.65. The van der Waals surface area contributed by atoms with Gasteiger partial charge in [0.2, 0.25) is 0 Å². The van der Waals surface area contributed by atoms with E-state index < -0.39 is 11.4 Å². The third kappa shape index (κ3) is 3.82. The summed E-state index contributed by atoms with van der Waals surface area (Å²) in [6.45, 7) is 2.75. The molecule has 0 aliphatic carbocycles. The standard InChI is InChI=1S/C22H25NO4/c1-16-8-3-4-9-17(16)14-22(21(25)26)12-7-13-23(15-22)20(24)18-10-5-6-11-19(18)27-2/h3-6,8-11H,7,12-15H2,1-2H3,(H,25,26)/t22-/m1/s1. The third-order valence-electron chi connectivity index (χ3n) is 5.45. The van der Waals surface area contributed by atoms with Crippen molar-refractivity contribution < 1.29 is 19.4 Å². The molecule has 0 bridgehead atoms. The van der Waals surface area contributed by atoms with Gasteiger partial charge in [-0.25, -0.2) is 0 Å². The van der Waals surface area contributed by atoms with E-state index in [1.807, 2.05) is 37.3 Å². The van der Waals surface area contributed by atoms with Gasteiger partial charge in [-0.15, -0.1) is 0 Å². The van der Waals surface area contributed by atoms with Gasteiger partial charge in [-0.1, -0.05) is 36.4 Å². The maximum Gasteiger partial charge on any atom is 0.311 e. The lowest BCUT2D eigenvalue weighted by Crippen LogP contribution is -2.51. The predicted molar refractivity (Wildman–Crippen MR) is 103 cm³/mol. The van der Waals surface area contributed by atoms with E-state index in [4.69, 9.17) is 4.74 Å². The van der Waals surface area contributed by atoms with Crippen molar-refractivity contribution in [2.24, 2.45) is 5.41 Å². The van der Waals surface area contributed by atoms with Gasteiger partial charge in [0.25, 0.3) is 5.91 Å². The van der Waals surface area contributed by atoms with Crippen molar-refractivity contribution in [3.05, 3.63) is 65.2 Å². The van der Waals surface area contributed by atoms with Gasteiger partial charge in [-0.3, -0.25) is 9.59 Å². The van der Waals surface area contributed by atoms with E-state index in [1.165, 1.54) is 7.11 Å². The lowest BCUT2D eigenvalue weighted by molar-refractivity contribution is -0.151. The van der Waals surface area contributed by atoms with Gasteiger partial charge >= 0.3 is 5.97 Å². The Kier molecular flexibility index (Phi) is 5.49. The second kappa shape index (κ2) is 7.82. The van der Waals surface area contributed by atoms with Crippen LogP contribution in [0, 0.1) is 12.3 Å². The normalized spacial score (nSPS) is 19.6. The van der Waals surface area contributed by atoms with Crippen molar-refractivity contribution in [2.75, 3.05) is 20.2 Å². The fourth-order valence-corrected chi connectivity index (χ4v) is 3.86. The number of aryl methyl sites for hydroxylation is 1. The van der Waals surface area contributed by atoms with Crippen molar-refractivity contribution in [1.29, 1.82) is 0 Å². The molecule has 0 unspecified atom stereocenters. The van der Waals surface area contributed by atoms with Crippen molar-refractivity contribution >= 4 is 11.9 Å². The largest absolute Gasteiger partial charge is 0.496 e. The van der Waals surface area contributed by atoms with Crippen molar-refractivity contribution in [1.82, 2.24) is 4.90 Å². The maximum atomic E-state index is 13.1. The number of hydrogen-bond donors (Lipinski definition) is 1. The molecule has 0 spiro atoms. The highest BCUT2D eigenvalue weighted by atomic mass is 16.5. The Morgan fingerprint density at radius 2 is 1.85 bits per heavy atom. The number of methoxy groups -OCH3 is 1. The fourth-order valence-electron chi connectivity index (χ4n) is 3.86. The Morgan fingerprint density at radius 1 is 1.15 bits per heavy atom.